The molecule has 0 unspecified atom stereocenters. The molecule has 0 spiro atoms. The Morgan fingerprint density at radius 2 is 1.76 bits per heavy atom. The number of rotatable bonds is 7. The molecule has 0 bridgehead atoms. The molecule has 1 amide bonds. The second-order valence-corrected chi connectivity index (χ2v) is 12.2. The average Bonchev–Trinajstić information content (AvgIpc) is 3.54. The third kappa shape index (κ3) is 5.87. The maximum atomic E-state index is 12.3. The Morgan fingerprint density at radius 1 is 1.09 bits per heavy atom. The zero-order valence-electron chi connectivity index (χ0n) is 19.8. The summed E-state index contributed by atoms with van der Waals surface area (Å²) in [6.45, 7) is 9.38. The minimum absolute atomic E-state index is 0.196. The fourth-order valence-electron chi connectivity index (χ4n) is 4.06. The maximum Gasteiger partial charge on any atom is 0.410 e. The first kappa shape index (κ1) is 24.0. The van der Waals surface area contributed by atoms with Crippen molar-refractivity contribution in [1.29, 1.82) is 0 Å². The SMILES string of the molecule is CC(C)S(=O)(=O)N1CCN(c2cnc(OCC3CCN(C(=O)OC4(C)CC4)CC3)cn2)CC1. The van der Waals surface area contributed by atoms with Gasteiger partial charge < -0.3 is 19.3 Å². The molecule has 4 rings (SSSR count). The van der Waals surface area contributed by atoms with Crippen molar-refractivity contribution in [1.82, 2.24) is 19.2 Å². The highest BCUT2D eigenvalue weighted by Gasteiger charge is 2.43. The highest BCUT2D eigenvalue weighted by atomic mass is 32.2. The summed E-state index contributed by atoms with van der Waals surface area (Å²) in [5, 5.41) is -0.410. The van der Waals surface area contributed by atoms with E-state index in [1.54, 1.807) is 35.4 Å². The van der Waals surface area contributed by atoms with Gasteiger partial charge in [-0.25, -0.2) is 23.2 Å². The van der Waals surface area contributed by atoms with Gasteiger partial charge >= 0.3 is 6.09 Å². The zero-order chi connectivity index (χ0) is 23.6. The standard InChI is InChI=1S/C22H35N5O5S/c1-17(2)33(29,30)27-12-10-25(11-13-27)19-14-24-20(15-23-19)31-16-18-4-8-26(9-5-18)21(28)32-22(3)6-7-22/h14-15,17-18H,4-13,16H2,1-3H3. The molecule has 1 saturated carbocycles. The highest BCUT2D eigenvalue weighted by Crippen LogP contribution is 2.39. The summed E-state index contributed by atoms with van der Waals surface area (Å²) < 4.78 is 37.6. The predicted molar refractivity (Wildman–Crippen MR) is 124 cm³/mol. The predicted octanol–water partition coefficient (Wildman–Crippen LogP) is 2.12. The van der Waals surface area contributed by atoms with Crippen molar-refractivity contribution in [3.63, 3.8) is 0 Å². The van der Waals surface area contributed by atoms with Gasteiger partial charge in [0.2, 0.25) is 15.9 Å². The van der Waals surface area contributed by atoms with Crippen molar-refractivity contribution in [3.05, 3.63) is 12.4 Å². The van der Waals surface area contributed by atoms with Gasteiger partial charge in [0.25, 0.3) is 0 Å². The number of ether oxygens (including phenoxy) is 2. The topological polar surface area (TPSA) is 105 Å². The number of carbonyl (C=O) groups excluding carboxylic acids is 1. The maximum absolute atomic E-state index is 12.3. The lowest BCUT2D eigenvalue weighted by atomic mass is 9.98. The minimum atomic E-state index is -3.22. The summed E-state index contributed by atoms with van der Waals surface area (Å²) in [4.78, 5) is 24.9. The first-order valence-corrected chi connectivity index (χ1v) is 13.3. The second-order valence-electron chi connectivity index (χ2n) is 9.75. The zero-order valence-corrected chi connectivity index (χ0v) is 20.6. The number of piperidine rings is 1. The van der Waals surface area contributed by atoms with Crippen molar-refractivity contribution in [2.24, 2.45) is 5.92 Å². The third-order valence-corrected chi connectivity index (χ3v) is 9.04. The summed E-state index contributed by atoms with van der Waals surface area (Å²) in [6, 6.07) is 0. The van der Waals surface area contributed by atoms with E-state index in [-0.39, 0.29) is 11.7 Å². The Labute approximate surface area is 196 Å². The van der Waals surface area contributed by atoms with Gasteiger partial charge in [-0.1, -0.05) is 0 Å². The number of sulfonamides is 1. The molecule has 11 heteroatoms. The summed E-state index contributed by atoms with van der Waals surface area (Å²) >= 11 is 0. The fraction of sp³-hybridized carbons (Fsp3) is 0.773. The van der Waals surface area contributed by atoms with Crippen LogP contribution in [-0.2, 0) is 14.8 Å². The van der Waals surface area contributed by atoms with Crippen LogP contribution in [0.2, 0.25) is 0 Å². The van der Waals surface area contributed by atoms with Crippen LogP contribution in [0.4, 0.5) is 10.6 Å². The molecule has 3 aliphatic rings. The largest absolute Gasteiger partial charge is 0.476 e. The molecule has 1 aromatic heterocycles. The van der Waals surface area contributed by atoms with Crippen LogP contribution in [0.15, 0.2) is 12.4 Å². The van der Waals surface area contributed by atoms with Crippen LogP contribution in [0.5, 0.6) is 5.88 Å². The molecule has 3 fully saturated rings. The molecule has 1 aliphatic carbocycles. The third-order valence-electron chi connectivity index (χ3n) is 6.76. The number of likely N-dealkylation sites (tertiary alicyclic amines) is 1. The van der Waals surface area contributed by atoms with Crippen LogP contribution in [0.3, 0.4) is 0 Å². The number of amides is 1. The molecule has 2 aliphatic heterocycles. The van der Waals surface area contributed by atoms with Crippen LogP contribution in [-0.4, -0.2) is 90.4 Å². The molecule has 0 radical (unpaired) electrons. The van der Waals surface area contributed by atoms with Crippen molar-refractivity contribution in [2.75, 3.05) is 50.8 Å². The van der Waals surface area contributed by atoms with E-state index in [1.807, 2.05) is 11.8 Å². The van der Waals surface area contributed by atoms with Crippen molar-refractivity contribution < 1.29 is 22.7 Å². The van der Waals surface area contributed by atoms with E-state index in [1.165, 1.54) is 0 Å². The average molecular weight is 482 g/mol. The molecule has 184 valence electrons. The first-order chi connectivity index (χ1) is 15.7. The Hall–Kier alpha value is -2.14. The monoisotopic (exact) mass is 481 g/mol. The van der Waals surface area contributed by atoms with Gasteiger partial charge in [0.15, 0.2) is 0 Å². The van der Waals surface area contributed by atoms with Gasteiger partial charge in [0.1, 0.15) is 11.4 Å². The number of piperazine rings is 1. The van der Waals surface area contributed by atoms with E-state index >= 15 is 0 Å². The van der Waals surface area contributed by atoms with Gasteiger partial charge in [0, 0.05) is 39.3 Å². The Bertz CT molecular complexity index is 919. The Kier molecular flexibility index (Phi) is 6.99. The number of anilines is 1. The number of aromatic nitrogens is 2. The first-order valence-electron chi connectivity index (χ1n) is 11.8. The van der Waals surface area contributed by atoms with Gasteiger partial charge in [-0.2, -0.15) is 4.31 Å². The van der Waals surface area contributed by atoms with Crippen LogP contribution in [0.25, 0.3) is 0 Å². The van der Waals surface area contributed by atoms with E-state index < -0.39 is 15.3 Å². The summed E-state index contributed by atoms with van der Waals surface area (Å²) in [5.74, 6) is 1.56. The lowest BCUT2D eigenvalue weighted by Gasteiger charge is -2.35. The lowest BCUT2D eigenvalue weighted by Crippen LogP contribution is -2.50. The van der Waals surface area contributed by atoms with Crippen LogP contribution < -0.4 is 9.64 Å². The van der Waals surface area contributed by atoms with Crippen LogP contribution >= 0.6 is 0 Å². The lowest BCUT2D eigenvalue weighted by molar-refractivity contribution is 0.0454. The van der Waals surface area contributed by atoms with Crippen LogP contribution in [0.1, 0.15) is 46.5 Å². The molecular formula is C22H35N5O5S. The molecule has 3 heterocycles. The number of carbonyl (C=O) groups is 1. The van der Waals surface area contributed by atoms with E-state index in [9.17, 15) is 13.2 Å². The van der Waals surface area contributed by atoms with Crippen molar-refractivity contribution in [2.45, 2.75) is 57.3 Å². The van der Waals surface area contributed by atoms with E-state index in [2.05, 4.69) is 9.97 Å². The second kappa shape index (κ2) is 9.61. The van der Waals surface area contributed by atoms with Gasteiger partial charge in [0.05, 0.1) is 24.3 Å². The molecule has 33 heavy (non-hydrogen) atoms. The fourth-order valence-corrected chi connectivity index (χ4v) is 5.32. The highest BCUT2D eigenvalue weighted by molar-refractivity contribution is 7.89. The normalized spacial score (nSPS) is 21.8. The van der Waals surface area contributed by atoms with Gasteiger partial charge in [-0.15, -0.1) is 0 Å². The Morgan fingerprint density at radius 3 is 2.30 bits per heavy atom. The number of hydrogen-bond acceptors (Lipinski definition) is 8. The van der Waals surface area contributed by atoms with E-state index in [0.29, 0.717) is 57.7 Å². The summed E-state index contributed by atoms with van der Waals surface area (Å²) in [5.41, 5.74) is -0.235. The van der Waals surface area contributed by atoms with Crippen molar-refractivity contribution in [3.8, 4) is 5.88 Å². The molecule has 0 atom stereocenters. The molecule has 0 aromatic carbocycles. The van der Waals surface area contributed by atoms with Crippen LogP contribution in [0, 0.1) is 5.92 Å². The quantitative estimate of drug-likeness (QED) is 0.583. The smallest absolute Gasteiger partial charge is 0.410 e. The Balaban J connectivity index is 1.19. The van der Waals surface area contributed by atoms with Gasteiger partial charge in [-0.05, 0) is 52.4 Å². The van der Waals surface area contributed by atoms with Crippen molar-refractivity contribution >= 4 is 21.9 Å². The molecule has 0 N–H and O–H groups in total. The minimum Gasteiger partial charge on any atom is -0.476 e. The molecular weight excluding hydrogens is 446 g/mol. The molecule has 1 aromatic rings. The summed E-state index contributed by atoms with van der Waals surface area (Å²) in [7, 11) is -3.22. The molecule has 10 nitrogen and oxygen atoms in total. The summed E-state index contributed by atoms with van der Waals surface area (Å²) in [6.07, 6.45) is 6.77. The number of nitrogens with zero attached hydrogens (tertiary/aromatic N) is 5. The van der Waals surface area contributed by atoms with E-state index in [0.717, 1.165) is 31.5 Å². The number of hydrogen-bond donors (Lipinski definition) is 0. The molecule has 2 saturated heterocycles. The van der Waals surface area contributed by atoms with E-state index in [4.69, 9.17) is 9.47 Å². The van der Waals surface area contributed by atoms with Gasteiger partial charge in [-0.3, -0.25) is 0 Å².